The first-order valence-electron chi connectivity index (χ1n) is 4.01. The van der Waals surface area contributed by atoms with Crippen molar-refractivity contribution in [2.24, 2.45) is 0 Å². The monoisotopic (exact) mass is 219 g/mol. The third-order valence-electron chi connectivity index (χ3n) is 1.55. The summed E-state index contributed by atoms with van der Waals surface area (Å²) in [6, 6.07) is 2.57. The summed E-state index contributed by atoms with van der Waals surface area (Å²) < 4.78 is 38.8. The second kappa shape index (κ2) is 4.47. The van der Waals surface area contributed by atoms with Crippen LogP contribution in [0.15, 0.2) is 18.3 Å². The molecule has 1 aromatic heterocycles. The molecule has 0 radical (unpaired) electrons. The van der Waals surface area contributed by atoms with Crippen LogP contribution in [-0.2, 0) is 20.9 Å². The standard InChI is InChI=1S/C8H10FNO3S/c1-2-14(11,12)13-6-7-3-4-8(9)10-5-7/h3-5H,2,6H2,1H3. The lowest BCUT2D eigenvalue weighted by Crippen LogP contribution is -2.08. The average molecular weight is 219 g/mol. The van der Waals surface area contributed by atoms with Gasteiger partial charge in [-0.15, -0.1) is 0 Å². The van der Waals surface area contributed by atoms with Gasteiger partial charge in [0, 0.05) is 6.20 Å². The second-order valence-electron chi connectivity index (χ2n) is 2.60. The first-order chi connectivity index (χ1) is 6.53. The van der Waals surface area contributed by atoms with Crippen molar-refractivity contribution in [1.82, 2.24) is 4.98 Å². The van der Waals surface area contributed by atoms with E-state index in [1.807, 2.05) is 0 Å². The average Bonchev–Trinajstić information content (AvgIpc) is 2.17. The molecule has 0 atom stereocenters. The summed E-state index contributed by atoms with van der Waals surface area (Å²) in [5, 5.41) is 0. The highest BCUT2D eigenvalue weighted by Gasteiger charge is 2.07. The molecule has 0 bridgehead atoms. The number of aromatic nitrogens is 1. The zero-order valence-corrected chi connectivity index (χ0v) is 8.42. The Labute approximate surface area is 81.9 Å². The van der Waals surface area contributed by atoms with Gasteiger partial charge < -0.3 is 0 Å². The van der Waals surface area contributed by atoms with E-state index >= 15 is 0 Å². The van der Waals surface area contributed by atoms with Gasteiger partial charge in [0.2, 0.25) is 5.95 Å². The number of hydrogen-bond donors (Lipinski definition) is 0. The van der Waals surface area contributed by atoms with Crippen molar-refractivity contribution < 1.29 is 17.0 Å². The maximum atomic E-state index is 12.4. The van der Waals surface area contributed by atoms with E-state index in [2.05, 4.69) is 9.17 Å². The van der Waals surface area contributed by atoms with Gasteiger partial charge in [-0.1, -0.05) is 6.07 Å². The molecule has 1 heterocycles. The van der Waals surface area contributed by atoms with Gasteiger partial charge in [0.05, 0.1) is 12.4 Å². The largest absolute Gasteiger partial charge is 0.267 e. The summed E-state index contributed by atoms with van der Waals surface area (Å²) in [5.74, 6) is -0.686. The lowest BCUT2D eigenvalue weighted by molar-refractivity contribution is 0.308. The predicted octanol–water partition coefficient (Wildman–Crippen LogP) is 1.09. The van der Waals surface area contributed by atoms with Crippen LogP contribution in [0.25, 0.3) is 0 Å². The molecule has 0 saturated heterocycles. The number of halogens is 1. The van der Waals surface area contributed by atoms with Crippen molar-refractivity contribution >= 4 is 10.1 Å². The van der Waals surface area contributed by atoms with E-state index in [0.717, 1.165) is 6.07 Å². The SMILES string of the molecule is CCS(=O)(=O)OCc1ccc(F)nc1. The minimum atomic E-state index is -3.45. The summed E-state index contributed by atoms with van der Waals surface area (Å²) in [4.78, 5) is 3.36. The van der Waals surface area contributed by atoms with Gasteiger partial charge in [0.1, 0.15) is 0 Å². The summed E-state index contributed by atoms with van der Waals surface area (Å²) in [6.07, 6.45) is 1.24. The minimum Gasteiger partial charge on any atom is -0.265 e. The normalized spacial score (nSPS) is 11.6. The minimum absolute atomic E-state index is 0.0817. The Morgan fingerprint density at radius 3 is 2.71 bits per heavy atom. The van der Waals surface area contributed by atoms with Gasteiger partial charge in [0.15, 0.2) is 0 Å². The third-order valence-corrected chi connectivity index (χ3v) is 2.73. The topological polar surface area (TPSA) is 56.3 Å². The summed E-state index contributed by atoms with van der Waals surface area (Å²) in [6.45, 7) is 1.38. The van der Waals surface area contributed by atoms with Crippen molar-refractivity contribution in [2.45, 2.75) is 13.5 Å². The van der Waals surface area contributed by atoms with E-state index < -0.39 is 16.1 Å². The predicted molar refractivity (Wildman–Crippen MR) is 48.4 cm³/mol. The Hall–Kier alpha value is -1.01. The molecule has 0 fully saturated rings. The molecule has 78 valence electrons. The Balaban J connectivity index is 2.59. The lowest BCUT2D eigenvalue weighted by atomic mass is 10.3. The van der Waals surface area contributed by atoms with Crippen molar-refractivity contribution in [3.63, 3.8) is 0 Å². The molecule has 1 aromatic rings. The highest BCUT2D eigenvalue weighted by atomic mass is 32.2. The number of nitrogens with zero attached hydrogens (tertiary/aromatic N) is 1. The van der Waals surface area contributed by atoms with Gasteiger partial charge in [-0.25, -0.2) is 4.98 Å². The highest BCUT2D eigenvalue weighted by Crippen LogP contribution is 2.04. The van der Waals surface area contributed by atoms with Crippen molar-refractivity contribution in [2.75, 3.05) is 5.75 Å². The molecular weight excluding hydrogens is 209 g/mol. The van der Waals surface area contributed by atoms with E-state index in [4.69, 9.17) is 0 Å². The first-order valence-corrected chi connectivity index (χ1v) is 5.59. The van der Waals surface area contributed by atoms with Gasteiger partial charge in [-0.2, -0.15) is 12.8 Å². The molecule has 0 unspecified atom stereocenters. The van der Waals surface area contributed by atoms with Crippen LogP contribution in [0.4, 0.5) is 4.39 Å². The van der Waals surface area contributed by atoms with E-state index in [9.17, 15) is 12.8 Å². The van der Waals surface area contributed by atoms with Gasteiger partial charge >= 0.3 is 0 Å². The quantitative estimate of drug-likeness (QED) is 0.561. The molecule has 1 rings (SSSR count). The molecule has 6 heteroatoms. The molecule has 0 aliphatic carbocycles. The van der Waals surface area contributed by atoms with Crippen LogP contribution in [0.1, 0.15) is 12.5 Å². The maximum absolute atomic E-state index is 12.4. The molecule has 0 saturated carbocycles. The van der Waals surface area contributed by atoms with Gasteiger partial charge in [-0.3, -0.25) is 4.18 Å². The summed E-state index contributed by atoms with van der Waals surface area (Å²) >= 11 is 0. The fourth-order valence-electron chi connectivity index (χ4n) is 0.733. The molecule has 14 heavy (non-hydrogen) atoms. The fourth-order valence-corrected chi connectivity index (χ4v) is 1.22. The number of pyridine rings is 1. The van der Waals surface area contributed by atoms with E-state index in [0.29, 0.717) is 5.56 Å². The summed E-state index contributed by atoms with van der Waals surface area (Å²) in [5.41, 5.74) is 0.517. The molecular formula is C8H10FNO3S. The van der Waals surface area contributed by atoms with E-state index in [-0.39, 0.29) is 12.4 Å². The van der Waals surface area contributed by atoms with Gasteiger partial charge in [0.25, 0.3) is 10.1 Å². The lowest BCUT2D eigenvalue weighted by Gasteiger charge is -2.02. The van der Waals surface area contributed by atoms with Crippen molar-refractivity contribution in [3.8, 4) is 0 Å². The molecule has 0 aliphatic rings. The molecule has 0 aromatic carbocycles. The van der Waals surface area contributed by atoms with Crippen molar-refractivity contribution in [1.29, 1.82) is 0 Å². The molecule has 0 aliphatic heterocycles. The Bertz CT molecular complexity index is 388. The Morgan fingerprint density at radius 1 is 1.50 bits per heavy atom. The van der Waals surface area contributed by atoms with Crippen LogP contribution >= 0.6 is 0 Å². The van der Waals surface area contributed by atoms with Crippen molar-refractivity contribution in [3.05, 3.63) is 29.8 Å². The zero-order chi connectivity index (χ0) is 10.6. The van der Waals surface area contributed by atoms with E-state index in [1.54, 1.807) is 0 Å². The molecule has 0 spiro atoms. The maximum Gasteiger partial charge on any atom is 0.267 e. The molecule has 0 amide bonds. The van der Waals surface area contributed by atoms with E-state index in [1.165, 1.54) is 19.2 Å². The van der Waals surface area contributed by atoms with Crippen LogP contribution in [0.3, 0.4) is 0 Å². The molecule has 0 N–H and O–H groups in total. The van der Waals surface area contributed by atoms with Crippen LogP contribution in [0.2, 0.25) is 0 Å². The smallest absolute Gasteiger partial charge is 0.265 e. The highest BCUT2D eigenvalue weighted by molar-refractivity contribution is 7.86. The van der Waals surface area contributed by atoms with Crippen LogP contribution in [-0.4, -0.2) is 19.2 Å². The fraction of sp³-hybridized carbons (Fsp3) is 0.375. The molecule has 4 nitrogen and oxygen atoms in total. The van der Waals surface area contributed by atoms with Crippen LogP contribution < -0.4 is 0 Å². The summed E-state index contributed by atoms with van der Waals surface area (Å²) in [7, 11) is -3.45. The zero-order valence-electron chi connectivity index (χ0n) is 7.60. The number of rotatable bonds is 4. The van der Waals surface area contributed by atoms with Crippen LogP contribution in [0.5, 0.6) is 0 Å². The Morgan fingerprint density at radius 2 is 2.21 bits per heavy atom. The van der Waals surface area contributed by atoms with Crippen LogP contribution in [0, 0.1) is 5.95 Å². The third kappa shape index (κ3) is 3.39. The van der Waals surface area contributed by atoms with Gasteiger partial charge in [-0.05, 0) is 18.6 Å². The second-order valence-corrected chi connectivity index (χ2v) is 4.53. The number of hydrogen-bond acceptors (Lipinski definition) is 4. The Kier molecular flexibility index (Phi) is 3.54. The first kappa shape index (κ1) is 11.1.